The second-order valence-electron chi connectivity index (χ2n) is 8.64. The molecule has 4 rings (SSSR count). The molecular formula is C24H30N4O3. The van der Waals surface area contributed by atoms with Gasteiger partial charge in [-0.05, 0) is 43.9 Å². The normalized spacial score (nSPS) is 19.0. The fraction of sp³-hybridized carbons (Fsp3) is 0.500. The third-order valence-corrected chi connectivity index (χ3v) is 6.28. The molecule has 1 aliphatic carbocycles. The van der Waals surface area contributed by atoms with Gasteiger partial charge >= 0.3 is 0 Å². The van der Waals surface area contributed by atoms with Gasteiger partial charge in [-0.15, -0.1) is 0 Å². The van der Waals surface area contributed by atoms with Crippen LogP contribution in [0, 0.1) is 0 Å². The van der Waals surface area contributed by atoms with Gasteiger partial charge in [-0.3, -0.25) is 14.4 Å². The lowest BCUT2D eigenvalue weighted by atomic mass is 10.1. The predicted octanol–water partition coefficient (Wildman–Crippen LogP) is 3.06. The van der Waals surface area contributed by atoms with Crippen molar-refractivity contribution in [3.05, 3.63) is 58.0 Å². The van der Waals surface area contributed by atoms with Crippen LogP contribution in [0.1, 0.15) is 67.9 Å². The summed E-state index contributed by atoms with van der Waals surface area (Å²) in [7, 11) is 0. The Morgan fingerprint density at radius 1 is 1.06 bits per heavy atom. The molecule has 2 aliphatic rings. The SMILES string of the molecule is CC1Cc2ccccc2N1C(=O)c1ccc(=O)n(CCC(=O)NC2CCCCCC2)n1. The van der Waals surface area contributed by atoms with E-state index < -0.39 is 0 Å². The number of carbonyl (C=O) groups excluding carboxylic acids is 2. The molecule has 2 aromatic rings. The van der Waals surface area contributed by atoms with Crippen LogP contribution in [0.2, 0.25) is 0 Å². The molecule has 2 heterocycles. The first-order valence-electron chi connectivity index (χ1n) is 11.3. The summed E-state index contributed by atoms with van der Waals surface area (Å²) >= 11 is 0. The number of benzene rings is 1. The molecule has 1 aliphatic heterocycles. The monoisotopic (exact) mass is 422 g/mol. The van der Waals surface area contributed by atoms with Gasteiger partial charge in [-0.2, -0.15) is 5.10 Å². The zero-order chi connectivity index (χ0) is 21.8. The molecule has 164 valence electrons. The molecule has 2 amide bonds. The van der Waals surface area contributed by atoms with Crippen LogP contribution in [0.3, 0.4) is 0 Å². The first-order valence-corrected chi connectivity index (χ1v) is 11.3. The summed E-state index contributed by atoms with van der Waals surface area (Å²) in [5.41, 5.74) is 1.93. The zero-order valence-electron chi connectivity index (χ0n) is 18.0. The molecule has 1 N–H and O–H groups in total. The van der Waals surface area contributed by atoms with Gasteiger partial charge in [0.25, 0.3) is 11.5 Å². The lowest BCUT2D eigenvalue weighted by Gasteiger charge is -2.22. The first kappa shape index (κ1) is 21.3. The number of anilines is 1. The largest absolute Gasteiger partial charge is 0.353 e. The minimum atomic E-state index is -0.311. The molecule has 7 nitrogen and oxygen atoms in total. The van der Waals surface area contributed by atoms with E-state index in [1.165, 1.54) is 29.7 Å². The third-order valence-electron chi connectivity index (χ3n) is 6.28. The van der Waals surface area contributed by atoms with Crippen LogP contribution in [-0.4, -0.2) is 33.7 Å². The van der Waals surface area contributed by atoms with E-state index in [9.17, 15) is 14.4 Å². The van der Waals surface area contributed by atoms with E-state index in [0.29, 0.717) is 0 Å². The molecule has 0 saturated heterocycles. The van der Waals surface area contributed by atoms with Crippen molar-refractivity contribution >= 4 is 17.5 Å². The molecule has 0 radical (unpaired) electrons. The number of carbonyl (C=O) groups is 2. The highest BCUT2D eigenvalue weighted by molar-refractivity contribution is 6.06. The number of hydrogen-bond acceptors (Lipinski definition) is 4. The fourth-order valence-corrected chi connectivity index (χ4v) is 4.65. The fourth-order valence-electron chi connectivity index (χ4n) is 4.65. The molecule has 7 heteroatoms. The molecule has 1 atom stereocenters. The van der Waals surface area contributed by atoms with Gasteiger partial charge in [0.2, 0.25) is 5.91 Å². The van der Waals surface area contributed by atoms with Gasteiger partial charge in [-0.25, -0.2) is 4.68 Å². The van der Waals surface area contributed by atoms with Gasteiger partial charge in [0.1, 0.15) is 5.69 Å². The predicted molar refractivity (Wildman–Crippen MR) is 119 cm³/mol. The van der Waals surface area contributed by atoms with Crippen molar-refractivity contribution in [2.24, 2.45) is 0 Å². The number of para-hydroxylation sites is 1. The van der Waals surface area contributed by atoms with Gasteiger partial charge in [0.15, 0.2) is 0 Å². The Kier molecular flexibility index (Phi) is 6.49. The highest BCUT2D eigenvalue weighted by atomic mass is 16.2. The number of nitrogens with one attached hydrogen (secondary N) is 1. The van der Waals surface area contributed by atoms with E-state index in [4.69, 9.17) is 0 Å². The van der Waals surface area contributed by atoms with E-state index in [-0.39, 0.29) is 48.1 Å². The minimum Gasteiger partial charge on any atom is -0.353 e. The Bertz CT molecular complexity index is 1010. The second kappa shape index (κ2) is 9.45. The van der Waals surface area contributed by atoms with Gasteiger partial charge in [0, 0.05) is 30.3 Å². The Balaban J connectivity index is 1.43. The number of fused-ring (bicyclic) bond motifs is 1. The molecule has 1 fully saturated rings. The maximum absolute atomic E-state index is 13.2. The molecular weight excluding hydrogens is 392 g/mol. The maximum Gasteiger partial charge on any atom is 0.278 e. The summed E-state index contributed by atoms with van der Waals surface area (Å²) in [4.78, 5) is 39.6. The molecule has 31 heavy (non-hydrogen) atoms. The lowest BCUT2D eigenvalue weighted by molar-refractivity contribution is -0.122. The third kappa shape index (κ3) is 4.86. The van der Waals surface area contributed by atoms with Crippen molar-refractivity contribution in [1.82, 2.24) is 15.1 Å². The molecule has 1 aromatic carbocycles. The Hall–Kier alpha value is -2.96. The standard InChI is InChI=1S/C24H30N4O3/c1-17-16-18-8-6-7-11-21(18)28(17)24(31)20-12-13-23(30)27(26-20)15-14-22(29)25-19-9-4-2-3-5-10-19/h6-8,11-13,17,19H,2-5,9-10,14-16H2,1H3,(H,25,29). The smallest absolute Gasteiger partial charge is 0.278 e. The van der Waals surface area contributed by atoms with Crippen LogP contribution in [-0.2, 0) is 17.8 Å². The van der Waals surface area contributed by atoms with E-state index in [1.807, 2.05) is 31.2 Å². The molecule has 1 saturated carbocycles. The number of nitrogens with zero attached hydrogens (tertiary/aromatic N) is 3. The minimum absolute atomic E-state index is 0.0254. The van der Waals surface area contributed by atoms with Gasteiger partial charge < -0.3 is 10.2 Å². The second-order valence-corrected chi connectivity index (χ2v) is 8.64. The highest BCUT2D eigenvalue weighted by Crippen LogP contribution is 2.32. The quantitative estimate of drug-likeness (QED) is 0.751. The van der Waals surface area contributed by atoms with Crippen LogP contribution >= 0.6 is 0 Å². The first-order chi connectivity index (χ1) is 15.0. The van der Waals surface area contributed by atoms with Crippen molar-refractivity contribution in [2.75, 3.05) is 4.90 Å². The zero-order valence-corrected chi connectivity index (χ0v) is 18.0. The summed E-state index contributed by atoms with van der Waals surface area (Å²) in [5.74, 6) is -0.298. The van der Waals surface area contributed by atoms with E-state index in [1.54, 1.807) is 4.90 Å². The van der Waals surface area contributed by atoms with Crippen molar-refractivity contribution in [3.8, 4) is 0 Å². The van der Waals surface area contributed by atoms with Crippen molar-refractivity contribution < 1.29 is 9.59 Å². The summed E-state index contributed by atoms with van der Waals surface area (Å²) in [6, 6.07) is 10.9. The Morgan fingerprint density at radius 3 is 2.58 bits per heavy atom. The van der Waals surface area contributed by atoms with Crippen molar-refractivity contribution in [3.63, 3.8) is 0 Å². The Morgan fingerprint density at radius 2 is 1.81 bits per heavy atom. The van der Waals surface area contributed by atoms with E-state index in [2.05, 4.69) is 10.4 Å². The van der Waals surface area contributed by atoms with Crippen LogP contribution in [0.5, 0.6) is 0 Å². The average Bonchev–Trinajstić information content (AvgIpc) is 2.90. The summed E-state index contributed by atoms with van der Waals surface area (Å²) in [5, 5.41) is 7.38. The number of rotatable bonds is 5. The van der Waals surface area contributed by atoms with Crippen LogP contribution in [0.15, 0.2) is 41.2 Å². The summed E-state index contributed by atoms with van der Waals surface area (Å²) in [6.07, 6.45) is 7.75. The molecule has 1 unspecified atom stereocenters. The Labute approximate surface area is 182 Å². The van der Waals surface area contributed by atoms with Crippen molar-refractivity contribution in [2.45, 2.75) is 76.9 Å². The summed E-state index contributed by atoms with van der Waals surface area (Å²) < 4.78 is 1.23. The average molecular weight is 423 g/mol. The lowest BCUT2D eigenvalue weighted by Crippen LogP contribution is -2.38. The molecule has 1 aromatic heterocycles. The number of hydrogen-bond donors (Lipinski definition) is 1. The van der Waals surface area contributed by atoms with Crippen molar-refractivity contribution in [1.29, 1.82) is 0 Å². The van der Waals surface area contributed by atoms with E-state index in [0.717, 1.165) is 43.4 Å². The van der Waals surface area contributed by atoms with Crippen LogP contribution in [0.4, 0.5) is 5.69 Å². The van der Waals surface area contributed by atoms with Crippen LogP contribution < -0.4 is 15.8 Å². The molecule has 0 spiro atoms. The number of aromatic nitrogens is 2. The van der Waals surface area contributed by atoms with Crippen LogP contribution in [0.25, 0.3) is 0 Å². The molecule has 0 bridgehead atoms. The highest BCUT2D eigenvalue weighted by Gasteiger charge is 2.32. The number of aryl methyl sites for hydroxylation is 1. The van der Waals surface area contributed by atoms with Gasteiger partial charge in [-0.1, -0.05) is 43.9 Å². The topological polar surface area (TPSA) is 84.3 Å². The summed E-state index contributed by atoms with van der Waals surface area (Å²) in [6.45, 7) is 2.16. The van der Waals surface area contributed by atoms with E-state index >= 15 is 0 Å². The maximum atomic E-state index is 13.2. The number of amides is 2. The van der Waals surface area contributed by atoms with Gasteiger partial charge in [0.05, 0.1) is 6.54 Å².